The monoisotopic (exact) mass is 182 g/mol. The molecule has 0 bridgehead atoms. The van der Waals surface area contributed by atoms with Crippen molar-refractivity contribution in [3.63, 3.8) is 0 Å². The van der Waals surface area contributed by atoms with Crippen LogP contribution in [-0.2, 0) is 4.79 Å². The van der Waals surface area contributed by atoms with E-state index in [0.29, 0.717) is 13.0 Å². The number of carbonyl (C=O) groups excluding carboxylic acids is 1. The summed E-state index contributed by atoms with van der Waals surface area (Å²) >= 11 is 0. The van der Waals surface area contributed by atoms with Crippen molar-refractivity contribution in [2.45, 2.75) is 19.4 Å². The smallest absolute Gasteiger partial charge is 0.218 e. The molecule has 0 saturated heterocycles. The van der Waals surface area contributed by atoms with Crippen molar-refractivity contribution in [3.05, 3.63) is 24.2 Å². The van der Waals surface area contributed by atoms with Gasteiger partial charge >= 0.3 is 0 Å². The van der Waals surface area contributed by atoms with E-state index >= 15 is 0 Å². The van der Waals surface area contributed by atoms with Crippen LogP contribution < -0.4 is 11.1 Å². The summed E-state index contributed by atoms with van der Waals surface area (Å²) < 4.78 is 5.17. The van der Waals surface area contributed by atoms with E-state index in [1.54, 1.807) is 6.26 Å². The lowest BCUT2D eigenvalue weighted by Crippen LogP contribution is -2.24. The summed E-state index contributed by atoms with van der Waals surface area (Å²) in [7, 11) is 0. The Hall–Kier alpha value is -1.29. The van der Waals surface area contributed by atoms with E-state index in [2.05, 4.69) is 5.32 Å². The molecule has 0 aliphatic heterocycles. The molecule has 0 aromatic carbocycles. The van der Waals surface area contributed by atoms with Gasteiger partial charge < -0.3 is 15.5 Å². The highest BCUT2D eigenvalue weighted by Gasteiger charge is 2.06. The van der Waals surface area contributed by atoms with Crippen molar-refractivity contribution in [3.8, 4) is 0 Å². The first-order chi connectivity index (χ1) is 6.20. The summed E-state index contributed by atoms with van der Waals surface area (Å²) in [4.78, 5) is 10.4. The van der Waals surface area contributed by atoms with Crippen molar-refractivity contribution in [2.24, 2.45) is 5.73 Å². The molecule has 0 aliphatic carbocycles. The number of hydrogen-bond donors (Lipinski definition) is 2. The molecule has 1 heterocycles. The first kappa shape index (κ1) is 9.80. The number of carbonyl (C=O) groups is 1. The van der Waals surface area contributed by atoms with Gasteiger partial charge in [-0.25, -0.2) is 0 Å². The molecule has 13 heavy (non-hydrogen) atoms. The SMILES string of the molecule is C[C@H](NCCC(N)=O)c1ccco1. The van der Waals surface area contributed by atoms with Crippen LogP contribution in [0.5, 0.6) is 0 Å². The minimum atomic E-state index is -0.292. The zero-order chi connectivity index (χ0) is 9.68. The van der Waals surface area contributed by atoms with Crippen molar-refractivity contribution < 1.29 is 9.21 Å². The molecule has 0 aliphatic rings. The van der Waals surface area contributed by atoms with E-state index in [4.69, 9.17) is 10.2 Å². The van der Waals surface area contributed by atoms with E-state index in [1.165, 1.54) is 0 Å². The fourth-order valence-electron chi connectivity index (χ4n) is 1.05. The van der Waals surface area contributed by atoms with Gasteiger partial charge in [0, 0.05) is 13.0 Å². The van der Waals surface area contributed by atoms with Gasteiger partial charge in [-0.3, -0.25) is 4.79 Å². The summed E-state index contributed by atoms with van der Waals surface area (Å²) in [5, 5.41) is 3.12. The summed E-state index contributed by atoms with van der Waals surface area (Å²) in [5.41, 5.74) is 4.99. The Bertz CT molecular complexity index is 257. The van der Waals surface area contributed by atoms with Crippen LogP contribution in [-0.4, -0.2) is 12.5 Å². The standard InChI is InChI=1S/C9H14N2O2/c1-7(8-3-2-6-13-8)11-5-4-9(10)12/h2-3,6-7,11H,4-5H2,1H3,(H2,10,12)/t7-/m0/s1. The maximum atomic E-state index is 10.4. The van der Waals surface area contributed by atoms with Crippen LogP contribution in [0.4, 0.5) is 0 Å². The van der Waals surface area contributed by atoms with Gasteiger partial charge in [-0.15, -0.1) is 0 Å². The summed E-state index contributed by atoms with van der Waals surface area (Å²) in [5.74, 6) is 0.573. The van der Waals surface area contributed by atoms with Crippen molar-refractivity contribution in [1.82, 2.24) is 5.32 Å². The molecule has 0 unspecified atom stereocenters. The van der Waals surface area contributed by atoms with Crippen LogP contribution in [0.3, 0.4) is 0 Å². The summed E-state index contributed by atoms with van der Waals surface area (Å²) in [6.45, 7) is 2.55. The highest BCUT2D eigenvalue weighted by Crippen LogP contribution is 2.11. The van der Waals surface area contributed by atoms with E-state index in [-0.39, 0.29) is 11.9 Å². The van der Waals surface area contributed by atoms with Crippen LogP contribution in [0.25, 0.3) is 0 Å². The van der Waals surface area contributed by atoms with Gasteiger partial charge in [0.05, 0.1) is 12.3 Å². The minimum Gasteiger partial charge on any atom is -0.468 e. The van der Waals surface area contributed by atoms with E-state index in [9.17, 15) is 4.79 Å². The molecule has 72 valence electrons. The fourth-order valence-corrected chi connectivity index (χ4v) is 1.05. The first-order valence-electron chi connectivity index (χ1n) is 4.25. The summed E-state index contributed by atoms with van der Waals surface area (Å²) in [6.07, 6.45) is 1.98. The Morgan fingerprint density at radius 1 is 1.77 bits per heavy atom. The Morgan fingerprint density at radius 2 is 2.54 bits per heavy atom. The second kappa shape index (κ2) is 4.67. The number of nitrogens with two attached hydrogens (primary N) is 1. The molecular weight excluding hydrogens is 168 g/mol. The van der Waals surface area contributed by atoms with Crippen molar-refractivity contribution in [2.75, 3.05) is 6.54 Å². The Morgan fingerprint density at radius 3 is 3.08 bits per heavy atom. The molecule has 1 aromatic heterocycles. The van der Waals surface area contributed by atoms with Crippen molar-refractivity contribution in [1.29, 1.82) is 0 Å². The van der Waals surface area contributed by atoms with Gasteiger partial charge in [-0.05, 0) is 19.1 Å². The third-order valence-electron chi connectivity index (χ3n) is 1.79. The average Bonchev–Trinajstić information content (AvgIpc) is 2.55. The van der Waals surface area contributed by atoms with E-state index < -0.39 is 0 Å². The van der Waals surface area contributed by atoms with Gasteiger partial charge in [0.15, 0.2) is 0 Å². The second-order valence-corrected chi connectivity index (χ2v) is 2.91. The highest BCUT2D eigenvalue weighted by atomic mass is 16.3. The van der Waals surface area contributed by atoms with Crippen LogP contribution in [0.2, 0.25) is 0 Å². The lowest BCUT2D eigenvalue weighted by molar-refractivity contribution is -0.117. The number of rotatable bonds is 5. The third-order valence-corrected chi connectivity index (χ3v) is 1.79. The predicted molar refractivity (Wildman–Crippen MR) is 48.9 cm³/mol. The Labute approximate surface area is 77.1 Å². The largest absolute Gasteiger partial charge is 0.468 e. The molecule has 1 atom stereocenters. The van der Waals surface area contributed by atoms with Gasteiger partial charge in [-0.1, -0.05) is 0 Å². The number of furan rings is 1. The van der Waals surface area contributed by atoms with E-state index in [1.807, 2.05) is 19.1 Å². The van der Waals surface area contributed by atoms with Gasteiger partial charge in [0.25, 0.3) is 0 Å². The minimum absolute atomic E-state index is 0.120. The molecule has 0 radical (unpaired) electrons. The molecule has 4 nitrogen and oxygen atoms in total. The lowest BCUT2D eigenvalue weighted by Gasteiger charge is -2.09. The zero-order valence-corrected chi connectivity index (χ0v) is 7.62. The normalized spacial score (nSPS) is 12.7. The van der Waals surface area contributed by atoms with Crippen molar-refractivity contribution >= 4 is 5.91 Å². The second-order valence-electron chi connectivity index (χ2n) is 2.91. The molecule has 0 fully saturated rings. The molecule has 0 saturated carbocycles. The predicted octanol–water partition coefficient (Wildman–Crippen LogP) is 0.806. The Kier molecular flexibility index (Phi) is 3.52. The van der Waals surface area contributed by atoms with Crippen LogP contribution in [0.15, 0.2) is 22.8 Å². The molecule has 1 amide bonds. The fraction of sp³-hybridized carbons (Fsp3) is 0.444. The molecular formula is C9H14N2O2. The summed E-state index contributed by atoms with van der Waals surface area (Å²) in [6, 6.07) is 3.85. The molecule has 4 heteroatoms. The quantitative estimate of drug-likeness (QED) is 0.707. The lowest BCUT2D eigenvalue weighted by atomic mass is 10.2. The third kappa shape index (κ3) is 3.29. The number of primary amides is 1. The maximum absolute atomic E-state index is 10.4. The maximum Gasteiger partial charge on any atom is 0.218 e. The van der Waals surface area contributed by atoms with Crippen LogP contribution in [0, 0.1) is 0 Å². The van der Waals surface area contributed by atoms with Gasteiger partial charge in [0.1, 0.15) is 5.76 Å². The van der Waals surface area contributed by atoms with Crippen LogP contribution >= 0.6 is 0 Å². The number of amides is 1. The van der Waals surface area contributed by atoms with Crippen LogP contribution in [0.1, 0.15) is 25.1 Å². The highest BCUT2D eigenvalue weighted by molar-refractivity contribution is 5.73. The zero-order valence-electron chi connectivity index (χ0n) is 7.62. The van der Waals surface area contributed by atoms with Gasteiger partial charge in [0.2, 0.25) is 5.91 Å². The molecule has 1 rings (SSSR count). The average molecular weight is 182 g/mol. The van der Waals surface area contributed by atoms with Gasteiger partial charge in [-0.2, -0.15) is 0 Å². The topological polar surface area (TPSA) is 68.3 Å². The Balaban J connectivity index is 2.26. The number of nitrogens with one attached hydrogen (secondary N) is 1. The first-order valence-corrected chi connectivity index (χ1v) is 4.25. The molecule has 3 N–H and O–H groups in total. The van der Waals surface area contributed by atoms with E-state index in [0.717, 1.165) is 5.76 Å². The number of hydrogen-bond acceptors (Lipinski definition) is 3. The molecule has 0 spiro atoms. The molecule has 1 aromatic rings.